The summed E-state index contributed by atoms with van der Waals surface area (Å²) in [5.41, 5.74) is 2.33. The smallest absolute Gasteiger partial charge is 0.0522 e. The maximum absolute atomic E-state index is 6.34. The summed E-state index contributed by atoms with van der Waals surface area (Å²) in [6.07, 6.45) is 4.90. The molecule has 0 spiro atoms. The predicted molar refractivity (Wildman–Crippen MR) is 87.2 cm³/mol. The van der Waals surface area contributed by atoms with E-state index in [0.717, 1.165) is 34.6 Å². The third kappa shape index (κ3) is 3.84. The van der Waals surface area contributed by atoms with Crippen LogP contribution in [0.4, 0.5) is 0 Å². The van der Waals surface area contributed by atoms with Crippen LogP contribution in [0.2, 0.25) is 5.02 Å². The van der Waals surface area contributed by atoms with Gasteiger partial charge >= 0.3 is 0 Å². The topological polar surface area (TPSA) is 29.9 Å². The number of aromatic nitrogens is 2. The fourth-order valence-electron chi connectivity index (χ4n) is 2.24. The highest BCUT2D eigenvalue weighted by Gasteiger charge is 2.15. The molecule has 0 saturated carbocycles. The molecule has 1 aromatic carbocycles. The highest BCUT2D eigenvalue weighted by Crippen LogP contribution is 2.28. The van der Waals surface area contributed by atoms with Crippen molar-refractivity contribution in [2.75, 3.05) is 6.54 Å². The average Bonchev–Trinajstić information content (AvgIpc) is 2.89. The van der Waals surface area contributed by atoms with Crippen molar-refractivity contribution in [2.45, 2.75) is 32.9 Å². The minimum Gasteiger partial charge on any atom is -0.310 e. The Morgan fingerprint density at radius 1 is 1.40 bits per heavy atom. The van der Waals surface area contributed by atoms with E-state index in [4.69, 9.17) is 11.6 Å². The number of aryl methyl sites for hydroxylation is 1. The van der Waals surface area contributed by atoms with Crippen LogP contribution in [0, 0.1) is 0 Å². The van der Waals surface area contributed by atoms with E-state index in [1.807, 2.05) is 23.0 Å². The third-order valence-corrected chi connectivity index (χ3v) is 4.07. The zero-order valence-corrected chi connectivity index (χ0v) is 14.1. The summed E-state index contributed by atoms with van der Waals surface area (Å²) in [6.45, 7) is 5.98. The van der Waals surface area contributed by atoms with Crippen molar-refractivity contribution in [3.05, 3.63) is 51.2 Å². The lowest BCUT2D eigenvalue weighted by Crippen LogP contribution is -2.23. The fourth-order valence-corrected chi connectivity index (χ4v) is 2.87. The van der Waals surface area contributed by atoms with Crippen molar-refractivity contribution in [3.63, 3.8) is 0 Å². The largest absolute Gasteiger partial charge is 0.310 e. The second-order valence-electron chi connectivity index (χ2n) is 4.68. The summed E-state index contributed by atoms with van der Waals surface area (Å²) < 4.78 is 2.99. The van der Waals surface area contributed by atoms with Gasteiger partial charge in [0.15, 0.2) is 0 Å². The number of nitrogens with zero attached hydrogens (tertiary/aromatic N) is 2. The second kappa shape index (κ2) is 7.25. The van der Waals surface area contributed by atoms with Crippen LogP contribution in [0.5, 0.6) is 0 Å². The molecular formula is C15H19BrClN3. The zero-order chi connectivity index (χ0) is 14.5. The Morgan fingerprint density at radius 2 is 2.20 bits per heavy atom. The van der Waals surface area contributed by atoms with E-state index in [1.54, 1.807) is 0 Å². The summed E-state index contributed by atoms with van der Waals surface area (Å²) in [6, 6.07) is 6.17. The number of rotatable bonds is 6. The second-order valence-corrected chi connectivity index (χ2v) is 6.01. The molecule has 3 nitrogen and oxygen atoms in total. The molecule has 1 atom stereocenters. The molecule has 2 aromatic rings. The van der Waals surface area contributed by atoms with Gasteiger partial charge in [0.1, 0.15) is 0 Å². The van der Waals surface area contributed by atoms with Crippen LogP contribution in [0.3, 0.4) is 0 Å². The van der Waals surface area contributed by atoms with Crippen molar-refractivity contribution in [3.8, 4) is 0 Å². The highest BCUT2D eigenvalue weighted by molar-refractivity contribution is 9.10. The van der Waals surface area contributed by atoms with E-state index in [2.05, 4.69) is 52.5 Å². The van der Waals surface area contributed by atoms with Gasteiger partial charge in [-0.25, -0.2) is 0 Å². The average molecular weight is 357 g/mol. The van der Waals surface area contributed by atoms with Gasteiger partial charge in [-0.2, -0.15) is 5.10 Å². The zero-order valence-electron chi connectivity index (χ0n) is 11.7. The van der Waals surface area contributed by atoms with Gasteiger partial charge < -0.3 is 5.32 Å². The molecule has 0 aliphatic heterocycles. The summed E-state index contributed by atoms with van der Waals surface area (Å²) in [4.78, 5) is 0. The van der Waals surface area contributed by atoms with Crippen molar-refractivity contribution < 1.29 is 0 Å². The molecule has 2 rings (SSSR count). The molecule has 20 heavy (non-hydrogen) atoms. The molecule has 0 aliphatic rings. The van der Waals surface area contributed by atoms with Crippen molar-refractivity contribution in [2.24, 2.45) is 0 Å². The Hall–Kier alpha value is -0.840. The molecule has 0 radical (unpaired) electrons. The van der Waals surface area contributed by atoms with Crippen molar-refractivity contribution >= 4 is 27.5 Å². The molecule has 1 aromatic heterocycles. The van der Waals surface area contributed by atoms with Crippen LogP contribution in [0.25, 0.3) is 0 Å². The first-order valence-electron chi connectivity index (χ1n) is 6.83. The predicted octanol–water partition coefficient (Wildman–Crippen LogP) is 4.21. The van der Waals surface area contributed by atoms with Crippen LogP contribution in [-0.2, 0) is 13.0 Å². The van der Waals surface area contributed by atoms with E-state index in [1.165, 1.54) is 5.56 Å². The molecule has 0 bridgehead atoms. The van der Waals surface area contributed by atoms with E-state index >= 15 is 0 Å². The standard InChI is InChI=1S/C15H19BrClN3/c1-3-18-15(7-11-9-19-20(4-2)10-11)13-8-12(16)5-6-14(13)17/h5-6,8-10,15,18H,3-4,7H2,1-2H3. The van der Waals surface area contributed by atoms with Crippen LogP contribution in [0.1, 0.15) is 31.0 Å². The molecule has 0 amide bonds. The van der Waals surface area contributed by atoms with Crippen LogP contribution < -0.4 is 5.32 Å². The van der Waals surface area contributed by atoms with E-state index in [0.29, 0.717) is 0 Å². The molecule has 1 heterocycles. The van der Waals surface area contributed by atoms with Gasteiger partial charge in [0.05, 0.1) is 6.20 Å². The van der Waals surface area contributed by atoms with Crippen molar-refractivity contribution in [1.29, 1.82) is 0 Å². The molecule has 1 unspecified atom stereocenters. The van der Waals surface area contributed by atoms with Gasteiger partial charge in [0.25, 0.3) is 0 Å². The SMILES string of the molecule is CCNC(Cc1cnn(CC)c1)c1cc(Br)ccc1Cl. The van der Waals surface area contributed by atoms with E-state index < -0.39 is 0 Å². The van der Waals surface area contributed by atoms with Crippen LogP contribution in [0.15, 0.2) is 35.1 Å². The van der Waals surface area contributed by atoms with Gasteiger partial charge in [0, 0.05) is 28.3 Å². The molecule has 0 fully saturated rings. The monoisotopic (exact) mass is 355 g/mol. The number of halogens is 2. The lowest BCUT2D eigenvalue weighted by Gasteiger charge is -2.19. The first-order chi connectivity index (χ1) is 9.63. The maximum Gasteiger partial charge on any atom is 0.0522 e. The van der Waals surface area contributed by atoms with Gasteiger partial charge in [-0.3, -0.25) is 4.68 Å². The van der Waals surface area contributed by atoms with E-state index in [-0.39, 0.29) is 6.04 Å². The summed E-state index contributed by atoms with van der Waals surface area (Å²) in [5, 5.41) is 8.62. The molecule has 1 N–H and O–H groups in total. The van der Waals surface area contributed by atoms with Crippen LogP contribution in [-0.4, -0.2) is 16.3 Å². The first kappa shape index (κ1) is 15.5. The van der Waals surface area contributed by atoms with Gasteiger partial charge in [0.2, 0.25) is 0 Å². The Morgan fingerprint density at radius 3 is 2.85 bits per heavy atom. The minimum absolute atomic E-state index is 0.194. The Balaban J connectivity index is 2.23. The lowest BCUT2D eigenvalue weighted by atomic mass is 10.0. The van der Waals surface area contributed by atoms with Gasteiger partial charge in [-0.05, 0) is 49.2 Å². The van der Waals surface area contributed by atoms with Gasteiger partial charge in [-0.1, -0.05) is 34.5 Å². The fraction of sp³-hybridized carbons (Fsp3) is 0.400. The summed E-state index contributed by atoms with van der Waals surface area (Å²) in [7, 11) is 0. The first-order valence-corrected chi connectivity index (χ1v) is 8.00. The van der Waals surface area contributed by atoms with E-state index in [9.17, 15) is 0 Å². The summed E-state index contributed by atoms with van der Waals surface area (Å²) >= 11 is 9.86. The summed E-state index contributed by atoms with van der Waals surface area (Å²) in [5.74, 6) is 0. The molecule has 0 saturated heterocycles. The highest BCUT2D eigenvalue weighted by atomic mass is 79.9. The number of hydrogen-bond acceptors (Lipinski definition) is 2. The molecule has 5 heteroatoms. The van der Waals surface area contributed by atoms with Gasteiger partial charge in [-0.15, -0.1) is 0 Å². The third-order valence-electron chi connectivity index (χ3n) is 3.23. The lowest BCUT2D eigenvalue weighted by molar-refractivity contribution is 0.549. The van der Waals surface area contributed by atoms with Crippen molar-refractivity contribution in [1.82, 2.24) is 15.1 Å². The Bertz CT molecular complexity index is 568. The Labute approximate surface area is 133 Å². The number of benzene rings is 1. The molecule has 108 valence electrons. The number of hydrogen-bond donors (Lipinski definition) is 1. The Kier molecular flexibility index (Phi) is 5.64. The molecular weight excluding hydrogens is 338 g/mol. The molecule has 0 aliphatic carbocycles. The number of nitrogens with one attached hydrogen (secondary N) is 1. The minimum atomic E-state index is 0.194. The quantitative estimate of drug-likeness (QED) is 0.840. The van der Waals surface area contributed by atoms with Crippen LogP contribution >= 0.6 is 27.5 Å². The number of likely N-dealkylation sites (N-methyl/N-ethyl adjacent to an activating group) is 1. The normalized spacial score (nSPS) is 12.6. The maximum atomic E-state index is 6.34.